The number of halogens is 1. The van der Waals surface area contributed by atoms with Crippen LogP contribution in [0.25, 0.3) is 0 Å². The van der Waals surface area contributed by atoms with Gasteiger partial charge in [0.05, 0.1) is 6.04 Å². The average Bonchev–Trinajstić information content (AvgIpc) is 3.04. The van der Waals surface area contributed by atoms with Gasteiger partial charge in [-0.2, -0.15) is 5.10 Å². The molecule has 1 aromatic heterocycles. The smallest absolute Gasteiger partial charge is 0.137 e. The lowest BCUT2D eigenvalue weighted by Gasteiger charge is -2.31. The third-order valence-electron chi connectivity index (χ3n) is 4.22. The fourth-order valence-electron chi connectivity index (χ4n) is 2.97. The molecule has 0 bridgehead atoms. The van der Waals surface area contributed by atoms with Crippen LogP contribution >= 0.6 is 11.6 Å². The van der Waals surface area contributed by atoms with Crippen LogP contribution in [0.3, 0.4) is 0 Å². The van der Waals surface area contributed by atoms with Crippen LogP contribution in [-0.4, -0.2) is 39.3 Å². The predicted molar refractivity (Wildman–Crippen MR) is 84.5 cm³/mol. The molecular formula is C16H21ClN4. The Bertz CT molecular complexity index is 530. The summed E-state index contributed by atoms with van der Waals surface area (Å²) < 4.78 is 2.01. The molecule has 4 nitrogen and oxygen atoms in total. The van der Waals surface area contributed by atoms with E-state index in [1.54, 1.807) is 6.33 Å². The molecule has 1 aromatic carbocycles. The Balaban J connectivity index is 1.38. The number of nitrogens with zero attached hydrogens (tertiary/aromatic N) is 4. The quantitative estimate of drug-likeness (QED) is 0.850. The summed E-state index contributed by atoms with van der Waals surface area (Å²) in [6, 6.07) is 8.72. The summed E-state index contributed by atoms with van der Waals surface area (Å²) in [7, 11) is 0. The Morgan fingerprint density at radius 2 is 1.90 bits per heavy atom. The lowest BCUT2D eigenvalue weighted by atomic mass is 10.0. The molecule has 0 amide bonds. The van der Waals surface area contributed by atoms with E-state index in [2.05, 4.69) is 27.1 Å². The van der Waals surface area contributed by atoms with Crippen molar-refractivity contribution in [2.45, 2.75) is 31.7 Å². The van der Waals surface area contributed by atoms with E-state index in [1.165, 1.54) is 31.4 Å². The molecule has 21 heavy (non-hydrogen) atoms. The molecule has 0 spiro atoms. The maximum atomic E-state index is 5.90. The summed E-state index contributed by atoms with van der Waals surface area (Å²) in [5.41, 5.74) is 1.37. The first-order valence-corrected chi connectivity index (χ1v) is 8.00. The summed E-state index contributed by atoms with van der Waals surface area (Å²) in [6.07, 6.45) is 8.13. The number of hydrogen-bond acceptors (Lipinski definition) is 3. The van der Waals surface area contributed by atoms with Gasteiger partial charge in [-0.05, 0) is 49.9 Å². The van der Waals surface area contributed by atoms with Crippen LogP contribution in [0.4, 0.5) is 0 Å². The third kappa shape index (κ3) is 4.05. The van der Waals surface area contributed by atoms with E-state index < -0.39 is 0 Å². The minimum Gasteiger partial charge on any atom is -0.303 e. The van der Waals surface area contributed by atoms with Crippen molar-refractivity contribution in [3.8, 4) is 0 Å². The maximum absolute atomic E-state index is 5.90. The van der Waals surface area contributed by atoms with Crippen molar-refractivity contribution in [1.29, 1.82) is 0 Å². The highest BCUT2D eigenvalue weighted by Gasteiger charge is 2.20. The average molecular weight is 305 g/mol. The zero-order chi connectivity index (χ0) is 14.5. The first-order valence-electron chi connectivity index (χ1n) is 7.62. The van der Waals surface area contributed by atoms with E-state index in [9.17, 15) is 0 Å². The molecule has 0 aliphatic carbocycles. The second-order valence-corrected chi connectivity index (χ2v) is 6.11. The standard InChI is InChI=1S/C16H21ClN4/c17-15-5-3-14(4-6-15)2-1-9-20-10-7-16(8-11-20)21-13-18-12-19-21/h3-6,12-13,16H,1-2,7-11H2. The number of aryl methyl sites for hydroxylation is 1. The highest BCUT2D eigenvalue weighted by Crippen LogP contribution is 2.21. The van der Waals surface area contributed by atoms with Gasteiger partial charge in [0.25, 0.3) is 0 Å². The van der Waals surface area contributed by atoms with E-state index >= 15 is 0 Å². The number of hydrogen-bond donors (Lipinski definition) is 0. The number of aromatic nitrogens is 3. The van der Waals surface area contributed by atoms with Gasteiger partial charge in [0.2, 0.25) is 0 Å². The second-order valence-electron chi connectivity index (χ2n) is 5.68. The zero-order valence-electron chi connectivity index (χ0n) is 12.2. The Morgan fingerprint density at radius 3 is 2.57 bits per heavy atom. The largest absolute Gasteiger partial charge is 0.303 e. The molecular weight excluding hydrogens is 284 g/mol. The molecule has 0 unspecified atom stereocenters. The van der Waals surface area contributed by atoms with Gasteiger partial charge in [0.1, 0.15) is 12.7 Å². The van der Waals surface area contributed by atoms with Gasteiger partial charge in [-0.15, -0.1) is 0 Å². The first-order chi connectivity index (χ1) is 10.3. The molecule has 0 saturated carbocycles. The molecule has 1 aliphatic rings. The van der Waals surface area contributed by atoms with E-state index in [0.29, 0.717) is 6.04 Å². The monoisotopic (exact) mass is 304 g/mol. The van der Waals surface area contributed by atoms with Gasteiger partial charge < -0.3 is 4.90 Å². The maximum Gasteiger partial charge on any atom is 0.137 e. The van der Waals surface area contributed by atoms with Gasteiger partial charge in [0, 0.05) is 18.1 Å². The van der Waals surface area contributed by atoms with Gasteiger partial charge >= 0.3 is 0 Å². The normalized spacial score (nSPS) is 17.2. The Kier molecular flexibility index (Phi) is 4.88. The molecule has 1 fully saturated rings. The molecule has 1 aliphatic heterocycles. The first kappa shape index (κ1) is 14.5. The number of rotatable bonds is 5. The van der Waals surface area contributed by atoms with E-state index in [4.69, 9.17) is 11.6 Å². The van der Waals surface area contributed by atoms with E-state index in [-0.39, 0.29) is 0 Å². The fraction of sp³-hybridized carbons (Fsp3) is 0.500. The number of benzene rings is 1. The highest BCUT2D eigenvalue weighted by molar-refractivity contribution is 6.30. The van der Waals surface area contributed by atoms with Crippen LogP contribution in [0.15, 0.2) is 36.9 Å². The summed E-state index contributed by atoms with van der Waals surface area (Å²) in [4.78, 5) is 6.59. The third-order valence-corrected chi connectivity index (χ3v) is 4.47. The van der Waals surface area contributed by atoms with Gasteiger partial charge in [-0.3, -0.25) is 0 Å². The number of likely N-dealkylation sites (tertiary alicyclic amines) is 1. The molecule has 0 atom stereocenters. The van der Waals surface area contributed by atoms with Crippen molar-refractivity contribution in [2.24, 2.45) is 0 Å². The molecule has 5 heteroatoms. The molecule has 0 radical (unpaired) electrons. The van der Waals surface area contributed by atoms with Crippen LogP contribution < -0.4 is 0 Å². The van der Waals surface area contributed by atoms with Crippen LogP contribution in [0.5, 0.6) is 0 Å². The second kappa shape index (κ2) is 7.05. The summed E-state index contributed by atoms with van der Waals surface area (Å²) >= 11 is 5.90. The van der Waals surface area contributed by atoms with E-state index in [1.807, 2.05) is 23.1 Å². The Hall–Kier alpha value is -1.39. The lowest BCUT2D eigenvalue weighted by Crippen LogP contribution is -2.35. The molecule has 1 saturated heterocycles. The summed E-state index contributed by atoms with van der Waals surface area (Å²) in [5.74, 6) is 0. The highest BCUT2D eigenvalue weighted by atomic mass is 35.5. The van der Waals surface area contributed by atoms with Crippen molar-refractivity contribution in [1.82, 2.24) is 19.7 Å². The van der Waals surface area contributed by atoms with Crippen molar-refractivity contribution in [3.63, 3.8) is 0 Å². The molecule has 2 aromatic rings. The van der Waals surface area contributed by atoms with Crippen molar-refractivity contribution >= 4 is 11.6 Å². The molecule has 112 valence electrons. The summed E-state index contributed by atoms with van der Waals surface area (Å²) in [5, 5.41) is 5.06. The minimum atomic E-state index is 0.528. The van der Waals surface area contributed by atoms with Crippen LogP contribution in [0, 0.1) is 0 Å². The SMILES string of the molecule is Clc1ccc(CCCN2CCC(n3cncn3)CC2)cc1. The van der Waals surface area contributed by atoms with Gasteiger partial charge in [0.15, 0.2) is 0 Å². The van der Waals surface area contributed by atoms with E-state index in [0.717, 1.165) is 24.5 Å². The minimum absolute atomic E-state index is 0.528. The van der Waals surface area contributed by atoms with Crippen LogP contribution in [-0.2, 0) is 6.42 Å². The fourth-order valence-corrected chi connectivity index (χ4v) is 3.10. The predicted octanol–water partition coefficient (Wildman–Crippen LogP) is 3.20. The van der Waals surface area contributed by atoms with Crippen LogP contribution in [0.1, 0.15) is 30.9 Å². The molecule has 3 rings (SSSR count). The van der Waals surface area contributed by atoms with Crippen LogP contribution in [0.2, 0.25) is 5.02 Å². The molecule has 0 N–H and O–H groups in total. The Labute approximate surface area is 130 Å². The van der Waals surface area contributed by atoms with Crippen molar-refractivity contribution in [3.05, 3.63) is 47.5 Å². The molecule has 2 heterocycles. The lowest BCUT2D eigenvalue weighted by molar-refractivity contribution is 0.178. The van der Waals surface area contributed by atoms with Crippen molar-refractivity contribution in [2.75, 3.05) is 19.6 Å². The number of piperidine rings is 1. The topological polar surface area (TPSA) is 34.0 Å². The van der Waals surface area contributed by atoms with Gasteiger partial charge in [-0.25, -0.2) is 9.67 Å². The Morgan fingerprint density at radius 1 is 1.14 bits per heavy atom. The van der Waals surface area contributed by atoms with Crippen molar-refractivity contribution < 1.29 is 0 Å². The summed E-state index contributed by atoms with van der Waals surface area (Å²) in [6.45, 7) is 3.49. The van der Waals surface area contributed by atoms with Gasteiger partial charge in [-0.1, -0.05) is 23.7 Å². The zero-order valence-corrected chi connectivity index (χ0v) is 12.9.